The summed E-state index contributed by atoms with van der Waals surface area (Å²) in [5.74, 6) is 0.409. The third-order valence-corrected chi connectivity index (χ3v) is 2.26. The number of benzene rings is 1. The minimum Gasteiger partial charge on any atom is -0.337 e. The maximum Gasteiger partial charge on any atom is 0.243 e. The van der Waals surface area contributed by atoms with Crippen LogP contribution >= 0.6 is 0 Å². The topological polar surface area (TPSA) is 64.9 Å². The van der Waals surface area contributed by atoms with Gasteiger partial charge in [-0.1, -0.05) is 17.3 Å². The Labute approximate surface area is 92.3 Å². The summed E-state index contributed by atoms with van der Waals surface area (Å²) in [7, 11) is 0. The lowest BCUT2D eigenvalue weighted by molar-refractivity contribution is 0.362. The van der Waals surface area contributed by atoms with E-state index in [4.69, 9.17) is 10.3 Å². The fourth-order valence-electron chi connectivity index (χ4n) is 1.27. The standard InChI is InChI=1S/C11H12FN3O/c1-6-3-4-8(5-9(6)12)10-14-11(7(2)13)16-15-10/h3-5,7H,13H2,1-2H3/t7-/m0/s1. The van der Waals surface area contributed by atoms with Gasteiger partial charge in [-0.25, -0.2) is 4.39 Å². The molecule has 0 saturated carbocycles. The van der Waals surface area contributed by atoms with E-state index in [1.165, 1.54) is 6.07 Å². The van der Waals surface area contributed by atoms with Crippen molar-refractivity contribution in [1.82, 2.24) is 10.1 Å². The average molecular weight is 221 g/mol. The van der Waals surface area contributed by atoms with Crippen LogP contribution in [0.1, 0.15) is 24.4 Å². The molecule has 1 aromatic carbocycles. The molecule has 0 aliphatic carbocycles. The molecule has 0 aliphatic heterocycles. The van der Waals surface area contributed by atoms with Crippen molar-refractivity contribution in [3.8, 4) is 11.4 Å². The van der Waals surface area contributed by atoms with Crippen LogP contribution in [-0.4, -0.2) is 10.1 Å². The zero-order chi connectivity index (χ0) is 11.7. The normalized spacial score (nSPS) is 12.8. The minimum atomic E-state index is -0.323. The molecule has 2 aromatic rings. The van der Waals surface area contributed by atoms with Gasteiger partial charge in [0.25, 0.3) is 0 Å². The summed E-state index contributed by atoms with van der Waals surface area (Å²) in [5.41, 5.74) is 6.75. The SMILES string of the molecule is Cc1ccc(-c2noc([C@H](C)N)n2)cc1F. The van der Waals surface area contributed by atoms with Gasteiger partial charge in [0.15, 0.2) is 0 Å². The lowest BCUT2D eigenvalue weighted by Crippen LogP contribution is -2.04. The molecule has 0 spiro atoms. The van der Waals surface area contributed by atoms with Crippen LogP contribution in [-0.2, 0) is 0 Å². The Morgan fingerprint density at radius 1 is 1.44 bits per heavy atom. The Morgan fingerprint density at radius 3 is 2.75 bits per heavy atom. The molecular weight excluding hydrogens is 209 g/mol. The van der Waals surface area contributed by atoms with E-state index in [9.17, 15) is 4.39 Å². The van der Waals surface area contributed by atoms with Crippen LogP contribution < -0.4 is 5.73 Å². The van der Waals surface area contributed by atoms with Gasteiger partial charge in [0, 0.05) is 5.56 Å². The minimum absolute atomic E-state index is 0.287. The first kappa shape index (κ1) is 10.8. The molecule has 0 unspecified atom stereocenters. The number of nitrogens with two attached hydrogens (primary N) is 1. The molecule has 1 atom stereocenters. The van der Waals surface area contributed by atoms with Crippen molar-refractivity contribution >= 4 is 0 Å². The van der Waals surface area contributed by atoms with Gasteiger partial charge in [0.1, 0.15) is 5.82 Å². The first-order chi connectivity index (χ1) is 7.58. The van der Waals surface area contributed by atoms with Crippen molar-refractivity contribution in [1.29, 1.82) is 0 Å². The van der Waals surface area contributed by atoms with Crippen molar-refractivity contribution in [3.05, 3.63) is 35.5 Å². The molecule has 0 bridgehead atoms. The molecule has 84 valence electrons. The first-order valence-electron chi connectivity index (χ1n) is 4.93. The second-order valence-corrected chi connectivity index (χ2v) is 3.71. The van der Waals surface area contributed by atoms with Crippen molar-refractivity contribution < 1.29 is 8.91 Å². The largest absolute Gasteiger partial charge is 0.337 e. The van der Waals surface area contributed by atoms with E-state index < -0.39 is 0 Å². The molecule has 16 heavy (non-hydrogen) atoms. The molecule has 2 N–H and O–H groups in total. The van der Waals surface area contributed by atoms with Crippen LogP contribution in [0.25, 0.3) is 11.4 Å². The smallest absolute Gasteiger partial charge is 0.243 e. The van der Waals surface area contributed by atoms with E-state index in [1.54, 1.807) is 26.0 Å². The number of nitrogens with zero attached hydrogens (tertiary/aromatic N) is 2. The second kappa shape index (κ2) is 4.02. The summed E-state index contributed by atoms with van der Waals surface area (Å²) < 4.78 is 18.3. The molecule has 0 fully saturated rings. The predicted molar refractivity (Wildman–Crippen MR) is 57.0 cm³/mol. The van der Waals surface area contributed by atoms with Crippen molar-refractivity contribution in [3.63, 3.8) is 0 Å². The molecule has 0 radical (unpaired) electrons. The van der Waals surface area contributed by atoms with Gasteiger partial charge in [0.05, 0.1) is 6.04 Å². The summed E-state index contributed by atoms with van der Waals surface area (Å²) in [4.78, 5) is 4.08. The maximum absolute atomic E-state index is 13.3. The van der Waals surface area contributed by atoms with E-state index in [1.807, 2.05) is 0 Å². The molecule has 0 aliphatic rings. The quantitative estimate of drug-likeness (QED) is 0.844. The summed E-state index contributed by atoms with van der Waals surface area (Å²) in [6, 6.07) is 4.47. The van der Waals surface area contributed by atoms with Crippen molar-refractivity contribution in [2.75, 3.05) is 0 Å². The van der Waals surface area contributed by atoms with Crippen LogP contribution in [0.2, 0.25) is 0 Å². The fraction of sp³-hybridized carbons (Fsp3) is 0.273. The highest BCUT2D eigenvalue weighted by Gasteiger charge is 2.12. The molecule has 0 saturated heterocycles. The third kappa shape index (κ3) is 1.94. The average Bonchev–Trinajstić information content (AvgIpc) is 2.71. The van der Waals surface area contributed by atoms with E-state index in [-0.39, 0.29) is 11.9 Å². The van der Waals surface area contributed by atoms with Gasteiger partial charge >= 0.3 is 0 Å². The molecule has 0 amide bonds. The number of hydrogen-bond acceptors (Lipinski definition) is 4. The number of rotatable bonds is 2. The number of aryl methyl sites for hydroxylation is 1. The maximum atomic E-state index is 13.3. The lowest BCUT2D eigenvalue weighted by Gasteiger charge is -1.98. The van der Waals surface area contributed by atoms with Crippen molar-refractivity contribution in [2.45, 2.75) is 19.9 Å². The van der Waals surface area contributed by atoms with Crippen LogP contribution in [0.15, 0.2) is 22.7 Å². The summed E-state index contributed by atoms with van der Waals surface area (Å²) in [6.07, 6.45) is 0. The van der Waals surface area contributed by atoms with E-state index >= 15 is 0 Å². The molecular formula is C11H12FN3O. The Morgan fingerprint density at radius 2 is 2.19 bits per heavy atom. The van der Waals surface area contributed by atoms with Gasteiger partial charge in [-0.3, -0.25) is 0 Å². The van der Waals surface area contributed by atoms with Gasteiger partial charge in [-0.15, -0.1) is 0 Å². The zero-order valence-corrected chi connectivity index (χ0v) is 9.07. The Kier molecular flexibility index (Phi) is 2.70. The molecule has 1 heterocycles. The van der Waals surface area contributed by atoms with E-state index in [0.717, 1.165) is 0 Å². The highest BCUT2D eigenvalue weighted by Crippen LogP contribution is 2.20. The second-order valence-electron chi connectivity index (χ2n) is 3.71. The summed E-state index contributed by atoms with van der Waals surface area (Å²) in [5, 5.41) is 3.75. The van der Waals surface area contributed by atoms with E-state index in [2.05, 4.69) is 10.1 Å². The van der Waals surface area contributed by atoms with Gasteiger partial charge < -0.3 is 10.3 Å². The number of aromatic nitrogens is 2. The highest BCUT2D eigenvalue weighted by atomic mass is 19.1. The molecule has 2 rings (SSSR count). The predicted octanol–water partition coefficient (Wildman–Crippen LogP) is 2.20. The van der Waals surface area contributed by atoms with Crippen molar-refractivity contribution in [2.24, 2.45) is 5.73 Å². The summed E-state index contributed by atoms with van der Waals surface area (Å²) >= 11 is 0. The lowest BCUT2D eigenvalue weighted by atomic mass is 10.1. The van der Waals surface area contributed by atoms with Crippen LogP contribution in [0.3, 0.4) is 0 Å². The van der Waals surface area contributed by atoms with Crippen LogP contribution in [0.5, 0.6) is 0 Å². The highest BCUT2D eigenvalue weighted by molar-refractivity contribution is 5.54. The van der Waals surface area contributed by atoms with Gasteiger partial charge in [0.2, 0.25) is 11.7 Å². The first-order valence-corrected chi connectivity index (χ1v) is 4.93. The third-order valence-electron chi connectivity index (χ3n) is 2.26. The van der Waals surface area contributed by atoms with Gasteiger partial charge in [-0.05, 0) is 25.5 Å². The Hall–Kier alpha value is -1.75. The number of hydrogen-bond donors (Lipinski definition) is 1. The molecule has 5 heteroatoms. The Balaban J connectivity index is 2.39. The van der Waals surface area contributed by atoms with Crippen LogP contribution in [0, 0.1) is 12.7 Å². The van der Waals surface area contributed by atoms with Gasteiger partial charge in [-0.2, -0.15) is 4.98 Å². The molecule has 4 nitrogen and oxygen atoms in total. The molecule has 1 aromatic heterocycles. The Bertz CT molecular complexity index is 508. The zero-order valence-electron chi connectivity index (χ0n) is 9.07. The van der Waals surface area contributed by atoms with E-state index in [0.29, 0.717) is 22.8 Å². The summed E-state index contributed by atoms with van der Waals surface area (Å²) in [6.45, 7) is 3.44. The monoisotopic (exact) mass is 221 g/mol. The number of halogens is 1. The fourth-order valence-corrected chi connectivity index (χ4v) is 1.27. The van der Waals surface area contributed by atoms with Crippen LogP contribution in [0.4, 0.5) is 4.39 Å².